The van der Waals surface area contributed by atoms with Crippen LogP contribution in [-0.2, 0) is 0 Å². The molecule has 0 amide bonds. The smallest absolute Gasteiger partial charge is 0.164 e. The molecule has 1 heterocycles. The lowest BCUT2D eigenvalue weighted by Gasteiger charge is -2.39. The number of Topliss-reactive ketones (excluding diaryl/α,β-unsaturated/α-hetero) is 1. The van der Waals surface area contributed by atoms with Gasteiger partial charge in [0.15, 0.2) is 5.78 Å². The van der Waals surface area contributed by atoms with Crippen molar-refractivity contribution in [1.29, 1.82) is 0 Å². The van der Waals surface area contributed by atoms with E-state index in [4.69, 9.17) is 0 Å². The Labute approximate surface area is 145 Å². The first kappa shape index (κ1) is 16.8. The fourth-order valence-corrected chi connectivity index (χ4v) is 4.09. The number of aryl methyl sites for hydroxylation is 3. The minimum Gasteiger partial charge on any atom is -0.368 e. The maximum Gasteiger partial charge on any atom is 0.164 e. The van der Waals surface area contributed by atoms with E-state index in [1.807, 2.05) is 30.3 Å². The molecule has 24 heavy (non-hydrogen) atoms. The molecule has 1 aliphatic rings. The van der Waals surface area contributed by atoms with E-state index in [0.717, 1.165) is 18.5 Å². The van der Waals surface area contributed by atoms with Crippen molar-refractivity contribution < 1.29 is 4.79 Å². The standard InChI is InChI=1S/C22H27NO/c1-16-13-17(2)22(18(3)14-16)23-12-8-7-11-20(23)15-21(24)19-9-5-4-6-10-19/h4-6,9-10,13-14,20H,7-8,11-12,15H2,1-3H3. The lowest BCUT2D eigenvalue weighted by atomic mass is 9.92. The third-order valence-corrected chi connectivity index (χ3v) is 5.07. The molecule has 1 saturated heterocycles. The van der Waals surface area contributed by atoms with Crippen LogP contribution in [0, 0.1) is 20.8 Å². The minimum atomic E-state index is 0.259. The van der Waals surface area contributed by atoms with Crippen LogP contribution in [0.5, 0.6) is 0 Å². The molecule has 2 aromatic carbocycles. The maximum absolute atomic E-state index is 12.7. The Morgan fingerprint density at radius 1 is 1.04 bits per heavy atom. The molecule has 1 atom stereocenters. The second kappa shape index (κ2) is 7.21. The van der Waals surface area contributed by atoms with E-state index >= 15 is 0 Å². The number of hydrogen-bond donors (Lipinski definition) is 0. The second-order valence-corrected chi connectivity index (χ2v) is 7.08. The summed E-state index contributed by atoms with van der Waals surface area (Å²) < 4.78 is 0. The lowest BCUT2D eigenvalue weighted by Crippen LogP contribution is -2.41. The van der Waals surface area contributed by atoms with Crippen molar-refractivity contribution in [2.45, 2.75) is 52.5 Å². The van der Waals surface area contributed by atoms with Crippen molar-refractivity contribution in [3.63, 3.8) is 0 Å². The summed E-state index contributed by atoms with van der Waals surface area (Å²) in [6.07, 6.45) is 4.14. The topological polar surface area (TPSA) is 20.3 Å². The van der Waals surface area contributed by atoms with Crippen LogP contribution in [0.3, 0.4) is 0 Å². The van der Waals surface area contributed by atoms with Gasteiger partial charge in [-0.2, -0.15) is 0 Å². The van der Waals surface area contributed by atoms with Crippen molar-refractivity contribution in [2.24, 2.45) is 0 Å². The molecule has 0 aliphatic carbocycles. The van der Waals surface area contributed by atoms with Crippen LogP contribution in [0.1, 0.15) is 52.7 Å². The summed E-state index contributed by atoms with van der Waals surface area (Å²) in [5.74, 6) is 0.259. The summed E-state index contributed by atoms with van der Waals surface area (Å²) in [6, 6.07) is 14.5. The van der Waals surface area contributed by atoms with Crippen molar-refractivity contribution in [2.75, 3.05) is 11.4 Å². The van der Waals surface area contributed by atoms with Crippen LogP contribution in [-0.4, -0.2) is 18.4 Å². The molecule has 0 aromatic heterocycles. The molecule has 0 radical (unpaired) electrons. The quantitative estimate of drug-likeness (QED) is 0.717. The summed E-state index contributed by atoms with van der Waals surface area (Å²) in [5, 5.41) is 0. The van der Waals surface area contributed by atoms with E-state index < -0.39 is 0 Å². The monoisotopic (exact) mass is 321 g/mol. The highest BCUT2D eigenvalue weighted by atomic mass is 16.1. The molecular weight excluding hydrogens is 294 g/mol. The summed E-state index contributed by atoms with van der Waals surface area (Å²) in [5.41, 5.74) is 6.13. The van der Waals surface area contributed by atoms with Gasteiger partial charge in [-0.05, 0) is 51.2 Å². The van der Waals surface area contributed by atoms with Gasteiger partial charge in [-0.1, -0.05) is 48.0 Å². The van der Waals surface area contributed by atoms with E-state index in [1.165, 1.54) is 35.2 Å². The fourth-order valence-electron chi connectivity index (χ4n) is 4.09. The number of rotatable bonds is 4. The third-order valence-electron chi connectivity index (χ3n) is 5.07. The molecule has 0 saturated carbocycles. The highest BCUT2D eigenvalue weighted by Gasteiger charge is 2.27. The SMILES string of the molecule is Cc1cc(C)c(N2CCCCC2CC(=O)c2ccccc2)c(C)c1. The summed E-state index contributed by atoms with van der Waals surface area (Å²) in [6.45, 7) is 7.59. The Bertz CT molecular complexity index is 697. The van der Waals surface area contributed by atoms with Gasteiger partial charge in [0, 0.05) is 30.3 Å². The van der Waals surface area contributed by atoms with Crippen molar-refractivity contribution in [3.05, 3.63) is 64.7 Å². The number of anilines is 1. The van der Waals surface area contributed by atoms with E-state index in [0.29, 0.717) is 12.5 Å². The zero-order valence-corrected chi connectivity index (χ0v) is 15.0. The van der Waals surface area contributed by atoms with Gasteiger partial charge in [0.2, 0.25) is 0 Å². The summed E-state index contributed by atoms with van der Waals surface area (Å²) in [4.78, 5) is 15.2. The predicted molar refractivity (Wildman–Crippen MR) is 101 cm³/mol. The van der Waals surface area contributed by atoms with Crippen LogP contribution >= 0.6 is 0 Å². The van der Waals surface area contributed by atoms with E-state index in [1.54, 1.807) is 0 Å². The molecule has 3 rings (SSSR count). The number of hydrogen-bond acceptors (Lipinski definition) is 2. The van der Waals surface area contributed by atoms with Gasteiger partial charge >= 0.3 is 0 Å². The molecule has 0 N–H and O–H groups in total. The Balaban J connectivity index is 1.85. The van der Waals surface area contributed by atoms with Crippen molar-refractivity contribution in [1.82, 2.24) is 0 Å². The normalized spacial score (nSPS) is 17.8. The Morgan fingerprint density at radius 3 is 2.38 bits per heavy atom. The molecule has 1 fully saturated rings. The molecular formula is C22H27NO. The molecule has 0 spiro atoms. The highest BCUT2D eigenvalue weighted by molar-refractivity contribution is 5.96. The largest absolute Gasteiger partial charge is 0.368 e. The van der Waals surface area contributed by atoms with Gasteiger partial charge in [0.1, 0.15) is 0 Å². The van der Waals surface area contributed by atoms with Gasteiger partial charge < -0.3 is 4.90 Å². The Kier molecular flexibility index (Phi) is 5.03. The van der Waals surface area contributed by atoms with Gasteiger partial charge in [-0.3, -0.25) is 4.79 Å². The van der Waals surface area contributed by atoms with Crippen molar-refractivity contribution in [3.8, 4) is 0 Å². The summed E-state index contributed by atoms with van der Waals surface area (Å²) in [7, 11) is 0. The molecule has 1 aliphatic heterocycles. The number of piperidine rings is 1. The minimum absolute atomic E-state index is 0.259. The number of carbonyl (C=O) groups is 1. The average Bonchev–Trinajstić information content (AvgIpc) is 2.56. The molecule has 1 unspecified atom stereocenters. The zero-order valence-electron chi connectivity index (χ0n) is 15.0. The van der Waals surface area contributed by atoms with E-state index in [2.05, 4.69) is 37.8 Å². The molecule has 126 valence electrons. The van der Waals surface area contributed by atoms with Crippen LogP contribution in [0.4, 0.5) is 5.69 Å². The molecule has 2 heteroatoms. The first-order valence-electron chi connectivity index (χ1n) is 8.99. The maximum atomic E-state index is 12.7. The molecule has 2 aromatic rings. The average molecular weight is 321 g/mol. The van der Waals surface area contributed by atoms with Crippen LogP contribution < -0.4 is 4.90 Å². The van der Waals surface area contributed by atoms with Crippen LogP contribution in [0.25, 0.3) is 0 Å². The number of nitrogens with zero attached hydrogens (tertiary/aromatic N) is 1. The second-order valence-electron chi connectivity index (χ2n) is 7.08. The van der Waals surface area contributed by atoms with E-state index in [9.17, 15) is 4.79 Å². The first-order valence-corrected chi connectivity index (χ1v) is 8.99. The molecule has 2 nitrogen and oxygen atoms in total. The zero-order chi connectivity index (χ0) is 17.1. The lowest BCUT2D eigenvalue weighted by molar-refractivity contribution is 0.0969. The number of ketones is 1. The van der Waals surface area contributed by atoms with Crippen LogP contribution in [0.2, 0.25) is 0 Å². The fraction of sp³-hybridized carbons (Fsp3) is 0.409. The molecule has 0 bridgehead atoms. The Hall–Kier alpha value is -2.09. The third kappa shape index (κ3) is 3.53. The highest BCUT2D eigenvalue weighted by Crippen LogP contribution is 2.33. The number of carbonyl (C=O) groups excluding carboxylic acids is 1. The van der Waals surface area contributed by atoms with Crippen molar-refractivity contribution >= 4 is 11.5 Å². The van der Waals surface area contributed by atoms with E-state index in [-0.39, 0.29) is 5.78 Å². The van der Waals surface area contributed by atoms with Gasteiger partial charge in [0.25, 0.3) is 0 Å². The van der Waals surface area contributed by atoms with Crippen LogP contribution in [0.15, 0.2) is 42.5 Å². The summed E-state index contributed by atoms with van der Waals surface area (Å²) >= 11 is 0. The van der Waals surface area contributed by atoms with Gasteiger partial charge in [-0.15, -0.1) is 0 Å². The number of benzene rings is 2. The Morgan fingerprint density at radius 2 is 1.71 bits per heavy atom. The van der Waals surface area contributed by atoms with Gasteiger partial charge in [-0.25, -0.2) is 0 Å². The van der Waals surface area contributed by atoms with Gasteiger partial charge in [0.05, 0.1) is 0 Å². The first-order chi connectivity index (χ1) is 11.6. The predicted octanol–water partition coefficient (Wildman–Crippen LogP) is 5.24.